The van der Waals surface area contributed by atoms with Crippen LogP contribution in [0.3, 0.4) is 0 Å². The highest BCUT2D eigenvalue weighted by Gasteiger charge is 2.53. The number of rotatable bonds is 8. The lowest BCUT2D eigenvalue weighted by Crippen LogP contribution is -2.70. The van der Waals surface area contributed by atoms with Gasteiger partial charge in [-0.25, -0.2) is 14.6 Å². The smallest absolute Gasteiger partial charge is 0.431 e. The lowest BCUT2D eigenvalue weighted by atomic mass is 10.0. The quantitative estimate of drug-likeness (QED) is 0.157. The monoisotopic (exact) mass is 549 g/mol. The van der Waals surface area contributed by atoms with Gasteiger partial charge in [-0.05, 0) is 19.9 Å². The minimum atomic E-state index is -1.24. The first-order chi connectivity index (χ1) is 16.1. The van der Waals surface area contributed by atoms with Gasteiger partial charge >= 0.3 is 12.1 Å². The largest absolute Gasteiger partial charge is 0.511 e. The van der Waals surface area contributed by atoms with Crippen molar-refractivity contribution >= 4 is 70.3 Å². The molecule has 0 aliphatic carbocycles. The number of aromatic nitrogens is 1. The second-order valence-corrected chi connectivity index (χ2v) is 9.21. The van der Waals surface area contributed by atoms with Crippen LogP contribution in [0.25, 0.3) is 0 Å². The molecule has 3 N–H and O–H groups in total. The number of esters is 1. The molecule has 3 atom stereocenters. The van der Waals surface area contributed by atoms with E-state index in [9.17, 15) is 19.2 Å². The van der Waals surface area contributed by atoms with Crippen molar-refractivity contribution in [1.82, 2.24) is 15.2 Å². The number of thiazole rings is 1. The van der Waals surface area contributed by atoms with E-state index >= 15 is 0 Å². The maximum absolute atomic E-state index is 12.8. The van der Waals surface area contributed by atoms with Gasteiger partial charge in [-0.15, -0.1) is 35.5 Å². The number of carbonyl (C=O) groups is 4. The second kappa shape index (κ2) is 12.1. The number of β-lactam (4-membered cyclic amide) rings is 1. The zero-order chi connectivity index (χ0) is 25.0. The summed E-state index contributed by atoms with van der Waals surface area (Å²) in [7, 11) is 1.27. The molecule has 1 aromatic rings. The first-order valence-electron chi connectivity index (χ1n) is 9.98. The fraction of sp³-hybridized carbons (Fsp3) is 0.474. The van der Waals surface area contributed by atoms with Gasteiger partial charge in [0.15, 0.2) is 10.8 Å². The van der Waals surface area contributed by atoms with Crippen LogP contribution in [0.4, 0.5) is 9.93 Å². The van der Waals surface area contributed by atoms with E-state index in [2.05, 4.69) is 15.5 Å². The number of carbonyl (C=O) groups excluding carboxylic acids is 4. The number of amides is 2. The van der Waals surface area contributed by atoms with Gasteiger partial charge in [0.25, 0.3) is 11.8 Å². The van der Waals surface area contributed by atoms with E-state index < -0.39 is 47.7 Å². The zero-order valence-electron chi connectivity index (χ0n) is 19.1. The molecule has 16 heteroatoms. The Balaban J connectivity index is 0.00000432. The molecule has 0 spiro atoms. The van der Waals surface area contributed by atoms with Crippen LogP contribution in [0.15, 0.2) is 22.3 Å². The van der Waals surface area contributed by atoms with Crippen molar-refractivity contribution in [2.45, 2.75) is 44.6 Å². The number of nitrogens with one attached hydrogen (secondary N) is 1. The fourth-order valence-electron chi connectivity index (χ4n) is 3.02. The van der Waals surface area contributed by atoms with E-state index in [0.717, 1.165) is 11.3 Å². The Morgan fingerprint density at radius 1 is 1.26 bits per heavy atom. The number of nitrogens with zero attached hydrogens (tertiary/aromatic N) is 3. The predicted octanol–water partition coefficient (Wildman–Crippen LogP) is 1.23. The number of ether oxygens (including phenoxy) is 3. The number of thioether (sulfide) groups is 1. The summed E-state index contributed by atoms with van der Waals surface area (Å²) < 4.78 is 14.8. The summed E-state index contributed by atoms with van der Waals surface area (Å²) in [6.45, 7) is 4.63. The molecule has 1 aromatic heterocycles. The summed E-state index contributed by atoms with van der Waals surface area (Å²) in [4.78, 5) is 59.7. The molecule has 192 valence electrons. The molecule has 2 amide bonds. The molecule has 3 unspecified atom stereocenters. The molecule has 0 aromatic carbocycles. The SMILES string of the molecule is CO/N=C(/C(=O)NC1C(=O)N2C(C(=O)OC(C)OC(=O)OC(C)C)=CCSC12)c1csc(N)n1.Cl. The van der Waals surface area contributed by atoms with Gasteiger partial charge in [0, 0.05) is 18.1 Å². The third-order valence-corrected chi connectivity index (χ3v) is 6.23. The number of oxime groups is 1. The molecule has 13 nitrogen and oxygen atoms in total. The van der Waals surface area contributed by atoms with Crippen molar-refractivity contribution in [3.8, 4) is 0 Å². The lowest BCUT2D eigenvalue weighted by Gasteiger charge is -2.48. The van der Waals surface area contributed by atoms with E-state index in [1.807, 2.05) is 0 Å². The van der Waals surface area contributed by atoms with Gasteiger partial charge in [0.05, 0.1) is 6.10 Å². The maximum atomic E-state index is 12.8. The molecule has 35 heavy (non-hydrogen) atoms. The highest BCUT2D eigenvalue weighted by Crippen LogP contribution is 2.38. The molecule has 1 saturated heterocycles. The van der Waals surface area contributed by atoms with E-state index in [1.165, 1.54) is 42.2 Å². The highest BCUT2D eigenvalue weighted by atomic mass is 35.5. The number of hydrogen-bond donors (Lipinski definition) is 2. The van der Waals surface area contributed by atoms with Crippen molar-refractivity contribution in [1.29, 1.82) is 0 Å². The minimum absolute atomic E-state index is 0. The third kappa shape index (κ3) is 6.55. The van der Waals surface area contributed by atoms with Crippen LogP contribution in [0.2, 0.25) is 0 Å². The van der Waals surface area contributed by atoms with E-state index in [0.29, 0.717) is 5.75 Å². The summed E-state index contributed by atoms with van der Waals surface area (Å²) >= 11 is 2.47. The average Bonchev–Trinajstić information content (AvgIpc) is 3.19. The first-order valence-corrected chi connectivity index (χ1v) is 11.9. The van der Waals surface area contributed by atoms with E-state index in [4.69, 9.17) is 24.8 Å². The van der Waals surface area contributed by atoms with E-state index in [1.54, 1.807) is 13.8 Å². The molecule has 2 aliphatic rings. The van der Waals surface area contributed by atoms with Gasteiger partial charge in [-0.1, -0.05) is 5.16 Å². The number of nitrogens with two attached hydrogens (primary N) is 1. The van der Waals surface area contributed by atoms with Crippen LogP contribution < -0.4 is 11.1 Å². The van der Waals surface area contributed by atoms with Crippen molar-refractivity contribution in [3.63, 3.8) is 0 Å². The van der Waals surface area contributed by atoms with Crippen LogP contribution >= 0.6 is 35.5 Å². The molecule has 1 fully saturated rings. The molecule has 0 radical (unpaired) electrons. The Bertz CT molecular complexity index is 1050. The summed E-state index contributed by atoms with van der Waals surface area (Å²) in [5, 5.41) is 7.52. The summed E-state index contributed by atoms with van der Waals surface area (Å²) in [6, 6.07) is -0.915. The summed E-state index contributed by atoms with van der Waals surface area (Å²) in [6.07, 6.45) is -1.10. The molecule has 0 saturated carbocycles. The normalized spacial score (nSPS) is 19.9. The van der Waals surface area contributed by atoms with Crippen LogP contribution in [-0.2, 0) is 33.4 Å². The predicted molar refractivity (Wildman–Crippen MR) is 129 cm³/mol. The Kier molecular flexibility index (Phi) is 9.73. The van der Waals surface area contributed by atoms with Gasteiger partial charge in [-0.3, -0.25) is 14.5 Å². The standard InChI is InChI=1S/C19H23N5O8S2.ClH/c1-8(2)30-19(28)32-9(3)31-17(27)11-5-6-33-16-13(15(26)24(11)16)22-14(25)12(23-29-4)10-7-34-18(20)21-10;/h5,7-9,13,16H,6H2,1-4H3,(H2,20,21)(H,22,25);1H/b23-12+;. The zero-order valence-corrected chi connectivity index (χ0v) is 21.5. The van der Waals surface area contributed by atoms with Crippen LogP contribution in [0.1, 0.15) is 26.5 Å². The lowest BCUT2D eigenvalue weighted by molar-refractivity contribution is -0.169. The number of anilines is 1. The van der Waals surface area contributed by atoms with E-state index in [-0.39, 0.29) is 34.6 Å². The van der Waals surface area contributed by atoms with Crippen molar-refractivity contribution < 1.29 is 38.2 Å². The van der Waals surface area contributed by atoms with Gasteiger partial charge in [-0.2, -0.15) is 0 Å². The third-order valence-electron chi connectivity index (χ3n) is 4.37. The van der Waals surface area contributed by atoms with Crippen molar-refractivity contribution in [3.05, 3.63) is 22.8 Å². The molecule has 0 bridgehead atoms. The van der Waals surface area contributed by atoms with Crippen molar-refractivity contribution in [2.24, 2.45) is 5.16 Å². The second-order valence-electron chi connectivity index (χ2n) is 7.17. The summed E-state index contributed by atoms with van der Waals surface area (Å²) in [5.74, 6) is -1.67. The first kappa shape index (κ1) is 28.2. The number of nitrogen functional groups attached to an aromatic ring is 1. The molecule has 2 aliphatic heterocycles. The Morgan fingerprint density at radius 2 is 1.97 bits per heavy atom. The Labute approximate surface area is 214 Å². The average molecular weight is 550 g/mol. The van der Waals surface area contributed by atoms with Crippen LogP contribution in [-0.4, -0.2) is 76.2 Å². The van der Waals surface area contributed by atoms with Crippen LogP contribution in [0, 0.1) is 0 Å². The van der Waals surface area contributed by atoms with Crippen molar-refractivity contribution in [2.75, 3.05) is 18.6 Å². The maximum Gasteiger partial charge on any atom is 0.511 e. The topological polar surface area (TPSA) is 172 Å². The Morgan fingerprint density at radius 3 is 2.57 bits per heavy atom. The molecular weight excluding hydrogens is 526 g/mol. The minimum Gasteiger partial charge on any atom is -0.431 e. The van der Waals surface area contributed by atoms with Crippen LogP contribution in [0.5, 0.6) is 0 Å². The molecular formula is C19H24ClN5O8S2. The number of hydrogen-bond acceptors (Lipinski definition) is 13. The van der Waals surface area contributed by atoms with Gasteiger partial charge in [0.2, 0.25) is 6.29 Å². The molecule has 3 heterocycles. The number of fused-ring (bicyclic) bond motifs is 1. The van der Waals surface area contributed by atoms with Gasteiger partial charge < -0.3 is 30.1 Å². The molecule has 3 rings (SSSR count). The summed E-state index contributed by atoms with van der Waals surface area (Å²) in [5.41, 5.74) is 5.67. The Hall–Kier alpha value is -3.04. The fourth-order valence-corrected chi connectivity index (χ4v) is 4.76. The highest BCUT2D eigenvalue weighted by molar-refractivity contribution is 8.00. The number of halogens is 1. The van der Waals surface area contributed by atoms with Gasteiger partial charge in [0.1, 0.15) is 29.9 Å².